The van der Waals surface area contributed by atoms with Crippen LogP contribution in [0, 0.1) is 5.41 Å². The summed E-state index contributed by atoms with van der Waals surface area (Å²) in [4.78, 5) is 0. The van der Waals surface area contributed by atoms with Crippen LogP contribution < -0.4 is 5.32 Å². The fourth-order valence-electron chi connectivity index (χ4n) is 0.700. The van der Waals surface area contributed by atoms with Gasteiger partial charge in [-0.15, -0.1) is 0 Å². The Morgan fingerprint density at radius 2 is 2.00 bits per heavy atom. The van der Waals surface area contributed by atoms with E-state index in [1.165, 1.54) is 5.57 Å². The Hall–Kier alpha value is -0.720. The third-order valence-corrected chi connectivity index (χ3v) is 1.78. The van der Waals surface area contributed by atoms with Gasteiger partial charge >= 0.3 is 0 Å². The van der Waals surface area contributed by atoms with E-state index in [9.17, 15) is 0 Å². The van der Waals surface area contributed by atoms with E-state index in [2.05, 4.69) is 39.2 Å². The maximum Gasteiger partial charge on any atom is 0.0178 e. The lowest BCUT2D eigenvalue weighted by atomic mass is 9.86. The third kappa shape index (κ3) is 4.65. The highest BCUT2D eigenvalue weighted by atomic mass is 14.8. The highest BCUT2D eigenvalue weighted by Crippen LogP contribution is 2.25. The van der Waals surface area contributed by atoms with Gasteiger partial charge in [-0.05, 0) is 18.0 Å². The van der Waals surface area contributed by atoms with E-state index in [0.29, 0.717) is 0 Å². The molecule has 0 atom stereocenters. The highest BCUT2D eigenvalue weighted by Gasteiger charge is 2.13. The van der Waals surface area contributed by atoms with Gasteiger partial charge in [0.1, 0.15) is 0 Å². The molecule has 0 aliphatic heterocycles. The molecule has 0 saturated carbocycles. The molecular formula is C10H19N. The zero-order valence-corrected chi connectivity index (χ0v) is 7.91. The van der Waals surface area contributed by atoms with Crippen LogP contribution >= 0.6 is 0 Å². The highest BCUT2D eigenvalue weighted by molar-refractivity contribution is 5.05. The molecule has 0 spiro atoms. The molecule has 0 amide bonds. The first-order chi connectivity index (χ1) is 4.98. The molecule has 1 heteroatoms. The standard InChI is InChI=1S/C10H19N/c1-6-11-8-7-9(2)10(3,4)5/h6,11H,1-2,7-8H2,3-5H3. The quantitative estimate of drug-likeness (QED) is 0.483. The summed E-state index contributed by atoms with van der Waals surface area (Å²) in [6.07, 6.45) is 2.74. The van der Waals surface area contributed by atoms with Crippen molar-refractivity contribution in [2.24, 2.45) is 5.41 Å². The van der Waals surface area contributed by atoms with E-state index in [1.807, 2.05) is 0 Å². The minimum Gasteiger partial charge on any atom is -0.391 e. The van der Waals surface area contributed by atoms with Gasteiger partial charge in [-0.2, -0.15) is 0 Å². The summed E-state index contributed by atoms with van der Waals surface area (Å²) in [7, 11) is 0. The van der Waals surface area contributed by atoms with Crippen molar-refractivity contribution in [1.29, 1.82) is 0 Å². The van der Waals surface area contributed by atoms with Crippen LogP contribution in [0.3, 0.4) is 0 Å². The Kier molecular flexibility index (Phi) is 3.94. The van der Waals surface area contributed by atoms with Gasteiger partial charge in [0.2, 0.25) is 0 Å². The molecule has 0 rings (SSSR count). The van der Waals surface area contributed by atoms with E-state index < -0.39 is 0 Å². The summed E-state index contributed by atoms with van der Waals surface area (Å²) in [5.74, 6) is 0. The molecule has 1 nitrogen and oxygen atoms in total. The Morgan fingerprint density at radius 3 is 2.36 bits per heavy atom. The molecule has 0 unspecified atom stereocenters. The predicted molar refractivity (Wildman–Crippen MR) is 51.4 cm³/mol. The lowest BCUT2D eigenvalue weighted by Gasteiger charge is -2.21. The molecule has 0 aliphatic rings. The van der Waals surface area contributed by atoms with Gasteiger partial charge in [0.25, 0.3) is 0 Å². The van der Waals surface area contributed by atoms with Crippen LogP contribution in [0.15, 0.2) is 24.9 Å². The first kappa shape index (κ1) is 10.3. The summed E-state index contributed by atoms with van der Waals surface area (Å²) in [5, 5.41) is 3.05. The van der Waals surface area contributed by atoms with Crippen LogP contribution in [0.5, 0.6) is 0 Å². The molecule has 11 heavy (non-hydrogen) atoms. The fraction of sp³-hybridized carbons (Fsp3) is 0.600. The normalized spacial score (nSPS) is 10.8. The first-order valence-electron chi connectivity index (χ1n) is 4.01. The summed E-state index contributed by atoms with van der Waals surface area (Å²) in [5.41, 5.74) is 1.52. The van der Waals surface area contributed by atoms with Crippen LogP contribution in [0.2, 0.25) is 0 Å². The summed E-state index contributed by atoms with van der Waals surface area (Å²) < 4.78 is 0. The largest absolute Gasteiger partial charge is 0.391 e. The zero-order chi connectivity index (χ0) is 8.91. The van der Waals surface area contributed by atoms with Gasteiger partial charge in [-0.1, -0.05) is 39.5 Å². The molecule has 64 valence electrons. The Bertz CT molecular complexity index is 139. The van der Waals surface area contributed by atoms with Crippen molar-refractivity contribution in [3.8, 4) is 0 Å². The van der Waals surface area contributed by atoms with Gasteiger partial charge in [-0.3, -0.25) is 0 Å². The summed E-state index contributed by atoms with van der Waals surface area (Å²) >= 11 is 0. The fourth-order valence-corrected chi connectivity index (χ4v) is 0.700. The number of nitrogens with one attached hydrogen (secondary N) is 1. The zero-order valence-electron chi connectivity index (χ0n) is 7.91. The molecule has 0 heterocycles. The smallest absolute Gasteiger partial charge is 0.0178 e. The second kappa shape index (κ2) is 4.22. The molecule has 1 N–H and O–H groups in total. The van der Waals surface area contributed by atoms with Gasteiger partial charge in [0, 0.05) is 6.54 Å². The lowest BCUT2D eigenvalue weighted by Crippen LogP contribution is -2.14. The van der Waals surface area contributed by atoms with E-state index in [1.54, 1.807) is 6.20 Å². The van der Waals surface area contributed by atoms with Gasteiger partial charge in [-0.25, -0.2) is 0 Å². The Labute approximate surface area is 70.2 Å². The van der Waals surface area contributed by atoms with Crippen LogP contribution in [-0.4, -0.2) is 6.54 Å². The van der Waals surface area contributed by atoms with Crippen LogP contribution in [-0.2, 0) is 0 Å². The molecule has 0 radical (unpaired) electrons. The van der Waals surface area contributed by atoms with E-state index in [0.717, 1.165) is 13.0 Å². The topological polar surface area (TPSA) is 12.0 Å². The monoisotopic (exact) mass is 153 g/mol. The van der Waals surface area contributed by atoms with Crippen LogP contribution in [0.4, 0.5) is 0 Å². The molecule has 0 saturated heterocycles. The second-order valence-corrected chi connectivity index (χ2v) is 3.76. The van der Waals surface area contributed by atoms with Crippen molar-refractivity contribution >= 4 is 0 Å². The van der Waals surface area contributed by atoms with Crippen molar-refractivity contribution in [2.45, 2.75) is 27.2 Å². The van der Waals surface area contributed by atoms with Gasteiger partial charge in [0.05, 0.1) is 0 Å². The first-order valence-corrected chi connectivity index (χ1v) is 4.01. The van der Waals surface area contributed by atoms with E-state index >= 15 is 0 Å². The molecular weight excluding hydrogens is 134 g/mol. The van der Waals surface area contributed by atoms with Crippen molar-refractivity contribution in [3.63, 3.8) is 0 Å². The van der Waals surface area contributed by atoms with Crippen molar-refractivity contribution < 1.29 is 0 Å². The van der Waals surface area contributed by atoms with E-state index in [4.69, 9.17) is 0 Å². The second-order valence-electron chi connectivity index (χ2n) is 3.76. The van der Waals surface area contributed by atoms with Gasteiger partial charge < -0.3 is 5.32 Å². The maximum atomic E-state index is 4.02. The Balaban J connectivity index is 3.62. The average Bonchev–Trinajstić information content (AvgIpc) is 1.86. The van der Waals surface area contributed by atoms with Crippen molar-refractivity contribution in [2.75, 3.05) is 6.54 Å². The number of hydrogen-bond acceptors (Lipinski definition) is 1. The van der Waals surface area contributed by atoms with E-state index in [-0.39, 0.29) is 5.41 Å². The van der Waals surface area contributed by atoms with Crippen molar-refractivity contribution in [1.82, 2.24) is 5.32 Å². The minimum atomic E-state index is 0.239. The maximum absolute atomic E-state index is 4.02. The van der Waals surface area contributed by atoms with Crippen LogP contribution in [0.25, 0.3) is 0 Å². The third-order valence-electron chi connectivity index (χ3n) is 1.78. The number of rotatable bonds is 4. The number of hydrogen-bond donors (Lipinski definition) is 1. The lowest BCUT2D eigenvalue weighted by molar-refractivity contribution is 0.482. The predicted octanol–water partition coefficient (Wildman–Crippen LogP) is 2.71. The molecule has 0 aliphatic carbocycles. The Morgan fingerprint density at radius 1 is 1.45 bits per heavy atom. The molecule has 0 aromatic carbocycles. The SMILES string of the molecule is C=CNCCC(=C)C(C)(C)C. The minimum absolute atomic E-state index is 0.239. The molecule has 0 aromatic heterocycles. The summed E-state index contributed by atoms with van der Waals surface area (Å²) in [6, 6.07) is 0. The average molecular weight is 153 g/mol. The molecule has 0 fully saturated rings. The summed E-state index contributed by atoms with van der Waals surface area (Å²) in [6.45, 7) is 15.1. The van der Waals surface area contributed by atoms with Crippen LogP contribution in [0.1, 0.15) is 27.2 Å². The van der Waals surface area contributed by atoms with Crippen molar-refractivity contribution in [3.05, 3.63) is 24.9 Å². The molecule has 0 bridgehead atoms. The molecule has 0 aromatic rings. The van der Waals surface area contributed by atoms with Gasteiger partial charge in [0.15, 0.2) is 0 Å².